The lowest BCUT2D eigenvalue weighted by atomic mass is 10.1. The van der Waals surface area contributed by atoms with Crippen molar-refractivity contribution < 1.29 is 14.5 Å². The molecule has 2 heterocycles. The summed E-state index contributed by atoms with van der Waals surface area (Å²) < 4.78 is 4.34. The van der Waals surface area contributed by atoms with E-state index >= 15 is 0 Å². The molecule has 1 saturated heterocycles. The Kier molecular flexibility index (Phi) is 2.11. The van der Waals surface area contributed by atoms with Crippen LogP contribution in [0.3, 0.4) is 0 Å². The second-order valence-corrected chi connectivity index (χ2v) is 3.97. The van der Waals surface area contributed by atoms with Crippen molar-refractivity contribution in [1.29, 1.82) is 0 Å². The summed E-state index contributed by atoms with van der Waals surface area (Å²) in [6.45, 7) is 2.45. The zero-order valence-electron chi connectivity index (χ0n) is 8.30. The Morgan fingerprint density at radius 2 is 2.40 bits per heavy atom. The molecule has 0 aromatic carbocycles. The number of amides is 1. The van der Waals surface area contributed by atoms with E-state index in [-0.39, 0.29) is 24.0 Å². The highest BCUT2D eigenvalue weighted by Crippen LogP contribution is 2.22. The zero-order valence-corrected chi connectivity index (χ0v) is 8.30. The van der Waals surface area contributed by atoms with Gasteiger partial charge in [-0.05, 0) is 23.7 Å². The van der Waals surface area contributed by atoms with Gasteiger partial charge in [-0.3, -0.25) is 4.79 Å². The molecule has 1 aromatic rings. The van der Waals surface area contributed by atoms with E-state index in [4.69, 9.17) is 5.73 Å². The van der Waals surface area contributed by atoms with Crippen molar-refractivity contribution in [2.75, 3.05) is 18.8 Å². The molecule has 1 fully saturated rings. The Morgan fingerprint density at radius 3 is 2.87 bits per heavy atom. The van der Waals surface area contributed by atoms with Crippen LogP contribution in [-0.4, -0.2) is 44.9 Å². The van der Waals surface area contributed by atoms with E-state index in [0.717, 1.165) is 0 Å². The van der Waals surface area contributed by atoms with Crippen LogP contribution in [0.4, 0.5) is 5.82 Å². The molecule has 0 saturated carbocycles. The first-order chi connectivity index (χ1) is 6.99. The lowest BCUT2D eigenvalue weighted by molar-refractivity contribution is 0.0566. The van der Waals surface area contributed by atoms with E-state index in [1.165, 1.54) is 4.90 Å². The van der Waals surface area contributed by atoms with E-state index in [1.807, 2.05) is 0 Å². The van der Waals surface area contributed by atoms with E-state index in [9.17, 15) is 9.90 Å². The number of carbonyl (C=O) groups is 1. The van der Waals surface area contributed by atoms with Crippen LogP contribution in [0.2, 0.25) is 0 Å². The first kappa shape index (κ1) is 9.91. The maximum absolute atomic E-state index is 11.8. The summed E-state index contributed by atoms with van der Waals surface area (Å²) in [4.78, 5) is 13.3. The largest absolute Gasteiger partial charge is 0.388 e. The predicted molar refractivity (Wildman–Crippen MR) is 49.9 cm³/mol. The fourth-order valence-electron chi connectivity index (χ4n) is 1.61. The summed E-state index contributed by atoms with van der Waals surface area (Å²) >= 11 is 0. The van der Waals surface area contributed by atoms with Crippen LogP contribution in [0.25, 0.3) is 0 Å². The summed E-state index contributed by atoms with van der Waals surface area (Å²) in [5.41, 5.74) is 4.57. The molecule has 1 aliphatic rings. The monoisotopic (exact) mass is 212 g/mol. The number of aromatic nitrogens is 2. The highest BCUT2D eigenvalue weighted by molar-refractivity contribution is 5.96. The van der Waals surface area contributed by atoms with Crippen molar-refractivity contribution in [2.24, 2.45) is 0 Å². The van der Waals surface area contributed by atoms with Gasteiger partial charge in [-0.25, -0.2) is 4.63 Å². The van der Waals surface area contributed by atoms with Crippen molar-refractivity contribution in [3.8, 4) is 0 Å². The number of nitrogens with zero attached hydrogens (tertiary/aromatic N) is 3. The third-order valence-electron chi connectivity index (χ3n) is 2.46. The second-order valence-electron chi connectivity index (χ2n) is 3.97. The third-order valence-corrected chi connectivity index (χ3v) is 2.46. The normalized spacial score (nSPS) is 25.9. The molecule has 7 nitrogen and oxygen atoms in total. The Hall–Kier alpha value is -1.63. The number of nitrogen functional groups attached to an aromatic ring is 1. The Labute approximate surface area is 85.8 Å². The van der Waals surface area contributed by atoms with Gasteiger partial charge in [-0.15, -0.1) is 0 Å². The van der Waals surface area contributed by atoms with Crippen LogP contribution >= 0.6 is 0 Å². The Balaban J connectivity index is 2.14. The standard InChI is InChI=1S/C8H12N4O3/c1-8(14)2-3-12(4-8)7(13)5-6(9)11-15-10-5/h14H,2-4H2,1H3,(H2,9,11). The van der Waals surface area contributed by atoms with Gasteiger partial charge in [0, 0.05) is 13.1 Å². The van der Waals surface area contributed by atoms with E-state index in [2.05, 4.69) is 14.9 Å². The first-order valence-corrected chi connectivity index (χ1v) is 4.59. The summed E-state index contributed by atoms with van der Waals surface area (Å²) in [6, 6.07) is 0. The molecular weight excluding hydrogens is 200 g/mol. The first-order valence-electron chi connectivity index (χ1n) is 4.59. The Morgan fingerprint density at radius 1 is 1.67 bits per heavy atom. The van der Waals surface area contributed by atoms with Crippen molar-refractivity contribution in [1.82, 2.24) is 15.2 Å². The van der Waals surface area contributed by atoms with Crippen LogP contribution in [0.15, 0.2) is 4.63 Å². The van der Waals surface area contributed by atoms with E-state index in [0.29, 0.717) is 13.0 Å². The maximum Gasteiger partial charge on any atom is 0.280 e. The molecule has 0 spiro atoms. The second kappa shape index (κ2) is 3.20. The number of nitrogens with two attached hydrogens (primary N) is 1. The van der Waals surface area contributed by atoms with Gasteiger partial charge < -0.3 is 15.7 Å². The molecule has 7 heteroatoms. The third kappa shape index (κ3) is 1.78. The van der Waals surface area contributed by atoms with E-state index in [1.54, 1.807) is 6.92 Å². The zero-order chi connectivity index (χ0) is 11.1. The summed E-state index contributed by atoms with van der Waals surface area (Å²) in [5.74, 6) is -0.377. The summed E-state index contributed by atoms with van der Waals surface area (Å²) in [5, 5.41) is 16.4. The van der Waals surface area contributed by atoms with Crippen LogP contribution in [0.1, 0.15) is 23.8 Å². The molecule has 3 N–H and O–H groups in total. The average Bonchev–Trinajstić information content (AvgIpc) is 2.71. The minimum absolute atomic E-state index is 0.00713. The molecule has 1 aromatic heterocycles. The SMILES string of the molecule is CC1(O)CCN(C(=O)c2nonc2N)C1. The molecule has 1 unspecified atom stereocenters. The molecular formula is C8H12N4O3. The molecule has 2 rings (SSSR count). The van der Waals surface area contributed by atoms with Gasteiger partial charge in [-0.2, -0.15) is 0 Å². The summed E-state index contributed by atoms with van der Waals surface area (Å²) in [6.07, 6.45) is 0.546. The van der Waals surface area contributed by atoms with Gasteiger partial charge in [0.15, 0.2) is 0 Å². The van der Waals surface area contributed by atoms with Crippen molar-refractivity contribution >= 4 is 11.7 Å². The number of hydrogen-bond acceptors (Lipinski definition) is 6. The van der Waals surface area contributed by atoms with Gasteiger partial charge in [0.25, 0.3) is 5.91 Å². The van der Waals surface area contributed by atoms with Crippen LogP contribution in [0, 0.1) is 0 Å². The molecule has 1 amide bonds. The predicted octanol–water partition coefficient (Wildman–Crippen LogP) is -0.751. The number of aliphatic hydroxyl groups is 1. The number of hydrogen-bond donors (Lipinski definition) is 2. The molecule has 82 valence electrons. The minimum Gasteiger partial charge on any atom is -0.388 e. The van der Waals surface area contributed by atoms with Crippen LogP contribution in [0.5, 0.6) is 0 Å². The van der Waals surface area contributed by atoms with Gasteiger partial charge in [0.05, 0.1) is 5.60 Å². The lowest BCUT2D eigenvalue weighted by Crippen LogP contribution is -2.34. The highest BCUT2D eigenvalue weighted by Gasteiger charge is 2.36. The van der Waals surface area contributed by atoms with Gasteiger partial charge in [0.1, 0.15) is 0 Å². The van der Waals surface area contributed by atoms with Crippen LogP contribution < -0.4 is 5.73 Å². The van der Waals surface area contributed by atoms with E-state index < -0.39 is 5.60 Å². The molecule has 0 aliphatic carbocycles. The average molecular weight is 212 g/mol. The fraction of sp³-hybridized carbons (Fsp3) is 0.625. The minimum atomic E-state index is -0.832. The number of anilines is 1. The summed E-state index contributed by atoms with van der Waals surface area (Å²) in [7, 11) is 0. The number of rotatable bonds is 1. The smallest absolute Gasteiger partial charge is 0.280 e. The quantitative estimate of drug-likeness (QED) is 0.634. The number of β-amino-alcohol motifs (C(OH)–C–C–N with tert-alkyl or cyclic N) is 1. The van der Waals surface area contributed by atoms with Crippen LogP contribution in [-0.2, 0) is 0 Å². The van der Waals surface area contributed by atoms with Crippen molar-refractivity contribution in [3.05, 3.63) is 5.69 Å². The molecule has 0 radical (unpaired) electrons. The topological polar surface area (TPSA) is 105 Å². The molecule has 0 bridgehead atoms. The molecule has 1 aliphatic heterocycles. The lowest BCUT2D eigenvalue weighted by Gasteiger charge is -2.17. The maximum atomic E-state index is 11.8. The van der Waals surface area contributed by atoms with Crippen molar-refractivity contribution in [3.63, 3.8) is 0 Å². The Bertz CT molecular complexity index is 387. The van der Waals surface area contributed by atoms with Crippen molar-refractivity contribution in [2.45, 2.75) is 18.9 Å². The van der Waals surface area contributed by atoms with Gasteiger partial charge in [0.2, 0.25) is 11.5 Å². The molecule has 1 atom stereocenters. The highest BCUT2D eigenvalue weighted by atomic mass is 16.6. The number of likely N-dealkylation sites (tertiary alicyclic amines) is 1. The fourth-order valence-corrected chi connectivity index (χ4v) is 1.61. The number of carbonyl (C=O) groups excluding carboxylic acids is 1. The molecule has 15 heavy (non-hydrogen) atoms. The van der Waals surface area contributed by atoms with Gasteiger partial charge in [-0.1, -0.05) is 0 Å². The van der Waals surface area contributed by atoms with Gasteiger partial charge >= 0.3 is 0 Å².